The van der Waals surface area contributed by atoms with Crippen LogP contribution in [0.5, 0.6) is 5.75 Å². The topological polar surface area (TPSA) is 173 Å². The van der Waals surface area contributed by atoms with Gasteiger partial charge < -0.3 is 31.5 Å². The molecule has 6 rings (SSSR count). The van der Waals surface area contributed by atoms with Gasteiger partial charge in [-0.25, -0.2) is 4.39 Å². The molecular formula is C31H34FN3O7. The number of amides is 1. The molecule has 7 N–H and O–H groups in total. The number of nitrogens with two attached hydrogens (primary N) is 1. The Labute approximate surface area is 241 Å². The van der Waals surface area contributed by atoms with Crippen molar-refractivity contribution in [2.45, 2.75) is 62.8 Å². The van der Waals surface area contributed by atoms with E-state index in [-0.39, 0.29) is 40.3 Å². The lowest BCUT2D eigenvalue weighted by atomic mass is 9.57. The predicted molar refractivity (Wildman–Crippen MR) is 151 cm³/mol. The van der Waals surface area contributed by atoms with Gasteiger partial charge in [-0.3, -0.25) is 19.3 Å². The number of halogens is 1. The third kappa shape index (κ3) is 3.90. The molecule has 0 heterocycles. The second-order valence-corrected chi connectivity index (χ2v) is 12.2. The number of nitrogens with one attached hydrogen (secondary N) is 1. The third-order valence-electron chi connectivity index (χ3n) is 9.64. The number of primary amides is 1. The van der Waals surface area contributed by atoms with E-state index in [4.69, 9.17) is 5.73 Å². The summed E-state index contributed by atoms with van der Waals surface area (Å²) in [4.78, 5) is 40.7. The van der Waals surface area contributed by atoms with E-state index in [2.05, 4.69) is 5.32 Å². The first-order chi connectivity index (χ1) is 19.9. The Balaban J connectivity index is 1.48. The van der Waals surface area contributed by atoms with Crippen molar-refractivity contribution in [2.75, 3.05) is 14.1 Å². The molecule has 222 valence electrons. The van der Waals surface area contributed by atoms with Gasteiger partial charge in [0.25, 0.3) is 5.91 Å². The van der Waals surface area contributed by atoms with Crippen LogP contribution in [0.3, 0.4) is 0 Å². The largest absolute Gasteiger partial charge is 0.508 e. The maximum atomic E-state index is 16.0. The van der Waals surface area contributed by atoms with Crippen LogP contribution >= 0.6 is 0 Å². The summed E-state index contributed by atoms with van der Waals surface area (Å²) in [6, 6.07) is 4.22. The van der Waals surface area contributed by atoms with Crippen LogP contribution in [0.15, 0.2) is 35.1 Å². The molecule has 0 aliphatic heterocycles. The molecule has 4 aliphatic rings. The smallest absolute Gasteiger partial charge is 0.255 e. The Morgan fingerprint density at radius 2 is 1.83 bits per heavy atom. The number of aliphatic hydroxyl groups is 3. The van der Waals surface area contributed by atoms with Crippen LogP contribution < -0.4 is 11.1 Å². The van der Waals surface area contributed by atoms with Gasteiger partial charge in [0.2, 0.25) is 5.78 Å². The molecule has 1 amide bonds. The number of likely N-dealkylation sites (N-methyl/N-ethyl adjacent to an activating group) is 1. The number of aromatic hydroxyl groups is 1. The highest BCUT2D eigenvalue weighted by molar-refractivity contribution is 6.24. The molecule has 2 aromatic carbocycles. The van der Waals surface area contributed by atoms with Crippen molar-refractivity contribution >= 4 is 34.0 Å². The van der Waals surface area contributed by atoms with E-state index in [1.165, 1.54) is 31.8 Å². The number of ketones is 2. The van der Waals surface area contributed by atoms with Gasteiger partial charge in [0.1, 0.15) is 28.7 Å². The molecule has 11 heteroatoms. The molecule has 0 bridgehead atoms. The fraction of sp³-hybridized carbons (Fsp3) is 0.452. The van der Waals surface area contributed by atoms with Gasteiger partial charge in [-0.2, -0.15) is 0 Å². The van der Waals surface area contributed by atoms with Crippen molar-refractivity contribution in [3.63, 3.8) is 0 Å². The van der Waals surface area contributed by atoms with Crippen molar-refractivity contribution < 1.29 is 39.2 Å². The summed E-state index contributed by atoms with van der Waals surface area (Å²) in [5.41, 5.74) is 2.00. The van der Waals surface area contributed by atoms with E-state index < -0.39 is 69.6 Å². The molecule has 0 unspecified atom stereocenters. The number of benzene rings is 2. The highest BCUT2D eigenvalue weighted by Crippen LogP contribution is 2.53. The SMILES string of the molecule is CN(C)[C@@H]1C(=O)C(C(N)=O)=C(O)[C@@]2(O)C(=O)C3=C(O)c4c(c(F)c5ccc(CNC6CCCC6)cc5c4O)C[C@H]3C[C@@H]12. The monoisotopic (exact) mass is 579 g/mol. The van der Waals surface area contributed by atoms with Crippen LogP contribution in [0.4, 0.5) is 4.39 Å². The third-order valence-corrected chi connectivity index (χ3v) is 9.64. The summed E-state index contributed by atoms with van der Waals surface area (Å²) in [6.45, 7) is 0.514. The highest BCUT2D eigenvalue weighted by Gasteiger charge is 2.64. The second-order valence-electron chi connectivity index (χ2n) is 12.2. The molecule has 4 aliphatic carbocycles. The Morgan fingerprint density at radius 1 is 1.14 bits per heavy atom. The molecule has 10 nitrogen and oxygen atoms in total. The van der Waals surface area contributed by atoms with Crippen LogP contribution in [0.1, 0.15) is 48.8 Å². The van der Waals surface area contributed by atoms with E-state index in [1.807, 2.05) is 0 Å². The van der Waals surface area contributed by atoms with Crippen LogP contribution in [-0.2, 0) is 27.3 Å². The van der Waals surface area contributed by atoms with Crippen LogP contribution in [-0.4, -0.2) is 74.6 Å². The summed E-state index contributed by atoms with van der Waals surface area (Å²) >= 11 is 0. The van der Waals surface area contributed by atoms with Crippen molar-refractivity contribution in [1.82, 2.24) is 10.2 Å². The molecule has 0 saturated heterocycles. The Kier molecular flexibility index (Phi) is 6.67. The lowest BCUT2D eigenvalue weighted by molar-refractivity contribution is -0.153. The summed E-state index contributed by atoms with van der Waals surface area (Å²) in [6.07, 6.45) is 4.30. The van der Waals surface area contributed by atoms with Gasteiger partial charge in [0.15, 0.2) is 11.4 Å². The maximum absolute atomic E-state index is 16.0. The van der Waals surface area contributed by atoms with E-state index in [0.717, 1.165) is 18.4 Å². The number of fused-ring (bicyclic) bond motifs is 4. The minimum Gasteiger partial charge on any atom is -0.508 e. The van der Waals surface area contributed by atoms with E-state index in [1.54, 1.807) is 18.2 Å². The number of hydrogen-bond acceptors (Lipinski definition) is 9. The molecule has 0 spiro atoms. The zero-order chi connectivity index (χ0) is 30.2. The van der Waals surface area contributed by atoms with Crippen molar-refractivity contribution in [3.05, 3.63) is 57.6 Å². The molecule has 2 aromatic rings. The molecule has 2 fully saturated rings. The first kappa shape index (κ1) is 28.3. The average Bonchev–Trinajstić information content (AvgIpc) is 3.46. The summed E-state index contributed by atoms with van der Waals surface area (Å²) < 4.78 is 16.0. The van der Waals surface area contributed by atoms with Gasteiger partial charge >= 0.3 is 0 Å². The quantitative estimate of drug-likeness (QED) is 0.291. The maximum Gasteiger partial charge on any atom is 0.255 e. The lowest BCUT2D eigenvalue weighted by Crippen LogP contribution is -2.65. The Hall–Kier alpha value is -3.80. The molecule has 42 heavy (non-hydrogen) atoms. The van der Waals surface area contributed by atoms with Gasteiger partial charge in [-0.15, -0.1) is 0 Å². The number of carbonyl (C=O) groups excluding carboxylic acids is 3. The molecule has 4 atom stereocenters. The van der Waals surface area contributed by atoms with E-state index in [0.29, 0.717) is 12.6 Å². The van der Waals surface area contributed by atoms with E-state index >= 15 is 4.39 Å². The number of Topliss-reactive ketones (excluding diaryl/α,β-unsaturated/α-hetero) is 2. The first-order valence-corrected chi connectivity index (χ1v) is 14.2. The highest BCUT2D eigenvalue weighted by atomic mass is 19.1. The molecular weight excluding hydrogens is 545 g/mol. The second kappa shape index (κ2) is 9.89. The van der Waals surface area contributed by atoms with Gasteiger partial charge in [-0.1, -0.05) is 25.0 Å². The summed E-state index contributed by atoms with van der Waals surface area (Å²) in [5, 5.41) is 49.3. The lowest BCUT2D eigenvalue weighted by Gasteiger charge is -2.50. The van der Waals surface area contributed by atoms with Gasteiger partial charge in [0.05, 0.1) is 11.6 Å². The van der Waals surface area contributed by atoms with Crippen LogP contribution in [0.2, 0.25) is 0 Å². The van der Waals surface area contributed by atoms with Gasteiger partial charge in [0, 0.05) is 40.4 Å². The number of phenolic OH excluding ortho intramolecular Hbond substituents is 1. The average molecular weight is 580 g/mol. The normalized spacial score (nSPS) is 28.0. The first-order valence-electron chi connectivity index (χ1n) is 14.2. The minimum absolute atomic E-state index is 0.0162. The standard InChI is InChI=1S/C31H34FN3O7/c1-35(2)24-19-11-14-10-18-21(26(37)20(14)28(39)31(19,42)29(40)22(27(24)38)30(33)41)25(36)17-9-13(7-8-16(17)23(18)32)12-34-15-5-3-4-6-15/h7-9,14-15,19,24,34,36-37,40,42H,3-6,10-12H2,1-2H3,(H2,33,41)/t14-,19-,24-,31-/m0/s1. The van der Waals surface area contributed by atoms with Crippen LogP contribution in [0.25, 0.3) is 16.5 Å². The van der Waals surface area contributed by atoms with Crippen molar-refractivity contribution in [1.29, 1.82) is 0 Å². The summed E-state index contributed by atoms with van der Waals surface area (Å²) in [5.74, 6) is -8.25. The molecule has 0 radical (unpaired) electrons. The van der Waals surface area contributed by atoms with Crippen molar-refractivity contribution in [2.24, 2.45) is 17.6 Å². The predicted octanol–water partition coefficient (Wildman–Crippen LogP) is 2.29. The zero-order valence-electron chi connectivity index (χ0n) is 23.4. The number of rotatable bonds is 5. The molecule has 0 aromatic heterocycles. The number of hydrogen-bond donors (Lipinski definition) is 6. The Morgan fingerprint density at radius 3 is 2.48 bits per heavy atom. The fourth-order valence-corrected chi connectivity index (χ4v) is 7.61. The zero-order valence-corrected chi connectivity index (χ0v) is 23.4. The van der Waals surface area contributed by atoms with E-state index in [9.17, 15) is 34.8 Å². The number of carbonyl (C=O) groups is 3. The number of nitrogens with zero attached hydrogens (tertiary/aromatic N) is 1. The van der Waals surface area contributed by atoms with Crippen molar-refractivity contribution in [3.8, 4) is 5.75 Å². The number of aliphatic hydroxyl groups excluding tert-OH is 2. The fourth-order valence-electron chi connectivity index (χ4n) is 7.61. The van der Waals surface area contributed by atoms with Gasteiger partial charge in [-0.05, 0) is 57.3 Å². The van der Waals surface area contributed by atoms with Crippen LogP contribution in [0, 0.1) is 17.7 Å². The summed E-state index contributed by atoms with van der Waals surface area (Å²) in [7, 11) is 3.05. The Bertz CT molecular complexity index is 1620. The number of phenols is 1. The minimum atomic E-state index is -2.74. The molecule has 2 saturated carbocycles.